The van der Waals surface area contributed by atoms with Crippen LogP contribution in [0.1, 0.15) is 31.7 Å². The molecule has 7 nitrogen and oxygen atoms in total. The molecule has 3 fully saturated rings. The summed E-state index contributed by atoms with van der Waals surface area (Å²) in [6.45, 7) is 6.66. The van der Waals surface area contributed by atoms with Gasteiger partial charge in [0.25, 0.3) is 0 Å². The molecule has 4 heterocycles. The molecule has 3 saturated heterocycles. The normalized spacial score (nSPS) is 24.5. The largest absolute Gasteiger partial charge is 0.508 e. The number of ether oxygens (including phenoxy) is 2. The van der Waals surface area contributed by atoms with Crippen molar-refractivity contribution in [2.45, 2.75) is 50.9 Å². The number of phenolic OH excluding ortho intramolecular Hbond substituents is 1. The second-order valence-electron chi connectivity index (χ2n) is 11.9. The summed E-state index contributed by atoms with van der Waals surface area (Å²) in [6, 6.07) is 9.30. The fourth-order valence-electron chi connectivity index (χ4n) is 7.13. The molecule has 7 rings (SSSR count). The summed E-state index contributed by atoms with van der Waals surface area (Å²) in [7, 11) is 0. The first kappa shape index (κ1) is 27.2. The number of aromatic nitrogens is 2. The minimum Gasteiger partial charge on any atom is -0.508 e. The fraction of sp³-hybridized carbons (Fsp3) is 0.438. The van der Waals surface area contributed by atoms with Crippen molar-refractivity contribution in [2.24, 2.45) is 0 Å². The van der Waals surface area contributed by atoms with E-state index in [1.54, 1.807) is 25.1 Å². The van der Waals surface area contributed by atoms with Crippen LogP contribution in [0.25, 0.3) is 32.8 Å². The van der Waals surface area contributed by atoms with Gasteiger partial charge < -0.3 is 19.5 Å². The first-order chi connectivity index (χ1) is 20.2. The predicted octanol–water partition coefficient (Wildman–Crippen LogP) is 5.92. The highest BCUT2D eigenvalue weighted by atomic mass is 19.1. The molecule has 0 radical (unpaired) electrons. The quantitative estimate of drug-likeness (QED) is 0.315. The zero-order valence-corrected chi connectivity index (χ0v) is 23.7. The number of benzene rings is 3. The van der Waals surface area contributed by atoms with Crippen LogP contribution in [0.15, 0.2) is 36.4 Å². The molecule has 3 aliphatic rings. The summed E-state index contributed by atoms with van der Waals surface area (Å²) in [5, 5.41) is 12.1. The number of aryl methyl sites for hydroxylation is 1. The lowest BCUT2D eigenvalue weighted by atomic mass is 9.93. The Morgan fingerprint density at radius 2 is 1.98 bits per heavy atom. The van der Waals surface area contributed by atoms with E-state index >= 15 is 4.39 Å². The molecule has 0 aliphatic carbocycles. The molecule has 0 amide bonds. The van der Waals surface area contributed by atoms with E-state index in [-0.39, 0.29) is 35.5 Å². The zero-order chi connectivity index (χ0) is 29.2. The van der Waals surface area contributed by atoms with Crippen LogP contribution in [0.2, 0.25) is 0 Å². The molecule has 3 aromatic carbocycles. The van der Waals surface area contributed by atoms with Crippen molar-refractivity contribution in [2.75, 3.05) is 44.4 Å². The number of alkyl halides is 1. The van der Waals surface area contributed by atoms with E-state index in [1.165, 1.54) is 18.2 Å². The second-order valence-corrected chi connectivity index (χ2v) is 11.9. The molecule has 220 valence electrons. The molecule has 3 atom stereocenters. The van der Waals surface area contributed by atoms with Gasteiger partial charge in [-0.05, 0) is 79.4 Å². The van der Waals surface area contributed by atoms with Gasteiger partial charge in [-0.3, -0.25) is 4.90 Å². The Balaban J connectivity index is 1.38. The van der Waals surface area contributed by atoms with Crippen molar-refractivity contribution in [1.29, 1.82) is 0 Å². The molecule has 3 aliphatic heterocycles. The molecule has 0 spiro atoms. The average Bonchev–Trinajstić information content (AvgIpc) is 3.49. The van der Waals surface area contributed by atoms with E-state index in [0.717, 1.165) is 19.4 Å². The van der Waals surface area contributed by atoms with Gasteiger partial charge in [-0.15, -0.1) is 0 Å². The highest BCUT2D eigenvalue weighted by Crippen LogP contribution is 2.42. The van der Waals surface area contributed by atoms with Crippen LogP contribution in [0.4, 0.5) is 19.0 Å². The van der Waals surface area contributed by atoms with E-state index in [2.05, 4.69) is 14.8 Å². The first-order valence-corrected chi connectivity index (χ1v) is 14.5. The number of hydrogen-bond donors (Lipinski definition) is 1. The van der Waals surface area contributed by atoms with Gasteiger partial charge in [-0.2, -0.15) is 9.97 Å². The summed E-state index contributed by atoms with van der Waals surface area (Å²) < 4.78 is 57.5. The van der Waals surface area contributed by atoms with Crippen molar-refractivity contribution in [3.05, 3.63) is 53.6 Å². The number of aromatic hydroxyl groups is 1. The summed E-state index contributed by atoms with van der Waals surface area (Å²) in [5.41, 5.74) is 0.558. The molecule has 0 bridgehead atoms. The highest BCUT2D eigenvalue weighted by Gasteiger charge is 2.49. The molecular weight excluding hydrogens is 545 g/mol. The van der Waals surface area contributed by atoms with Crippen LogP contribution in [-0.4, -0.2) is 77.2 Å². The third kappa shape index (κ3) is 4.43. The summed E-state index contributed by atoms with van der Waals surface area (Å²) in [6.07, 6.45) is 1.29. The van der Waals surface area contributed by atoms with Crippen LogP contribution in [0.3, 0.4) is 0 Å². The molecule has 0 unspecified atom stereocenters. The standard InChI is InChI=1S/C32H33F3N4O3/c1-18-16-41-11-10-39(18)30-24-6-5-23(25-13-22(40)12-20-4-7-26(34)19(2)27(20)25)28(35)29(24)36-31(37-30)42-17-32-8-3-9-38(32)15-21(33)14-32/h4-7,12-13,18,21,40H,3,8-11,14-17H2,1-2H3/t18-,21+,32-/m0/s1. The minimum atomic E-state index is -0.901. The number of fused-ring (bicyclic) bond motifs is 3. The number of phenols is 1. The van der Waals surface area contributed by atoms with Gasteiger partial charge in [0.1, 0.15) is 35.7 Å². The van der Waals surface area contributed by atoms with Crippen LogP contribution < -0.4 is 9.64 Å². The van der Waals surface area contributed by atoms with Crippen molar-refractivity contribution in [3.63, 3.8) is 0 Å². The van der Waals surface area contributed by atoms with E-state index in [4.69, 9.17) is 14.5 Å². The summed E-state index contributed by atoms with van der Waals surface area (Å²) >= 11 is 0. The number of rotatable bonds is 5. The predicted molar refractivity (Wildman–Crippen MR) is 155 cm³/mol. The average molecular weight is 579 g/mol. The molecule has 42 heavy (non-hydrogen) atoms. The minimum absolute atomic E-state index is 0.0147. The summed E-state index contributed by atoms with van der Waals surface area (Å²) in [5.74, 6) is -0.557. The maximum absolute atomic E-state index is 16.7. The van der Waals surface area contributed by atoms with Crippen LogP contribution in [0, 0.1) is 18.6 Å². The van der Waals surface area contributed by atoms with Crippen LogP contribution >= 0.6 is 0 Å². The molecular formula is C32H33F3N4O3. The Kier molecular flexibility index (Phi) is 6.66. The van der Waals surface area contributed by atoms with Crippen LogP contribution in [-0.2, 0) is 4.74 Å². The monoisotopic (exact) mass is 578 g/mol. The van der Waals surface area contributed by atoms with Crippen molar-refractivity contribution in [3.8, 4) is 22.9 Å². The SMILES string of the molecule is Cc1c(F)ccc2cc(O)cc(-c3ccc4c(N5CCOC[C@@H]5C)nc(OC[C@@]56CCCN5C[C@H](F)C6)nc4c3F)c12. The summed E-state index contributed by atoms with van der Waals surface area (Å²) in [4.78, 5) is 13.5. The Bertz CT molecular complexity index is 1700. The molecule has 1 aromatic heterocycles. The number of nitrogens with zero attached hydrogens (tertiary/aromatic N) is 4. The lowest BCUT2D eigenvalue weighted by Gasteiger charge is -2.35. The molecule has 0 saturated carbocycles. The molecule has 10 heteroatoms. The Morgan fingerprint density at radius 1 is 1.12 bits per heavy atom. The Morgan fingerprint density at radius 3 is 2.81 bits per heavy atom. The molecule has 4 aromatic rings. The Hall–Kier alpha value is -3.63. The maximum Gasteiger partial charge on any atom is 0.319 e. The van der Waals surface area contributed by atoms with Gasteiger partial charge in [-0.25, -0.2) is 13.2 Å². The number of hydrogen-bond acceptors (Lipinski definition) is 7. The van der Waals surface area contributed by atoms with Gasteiger partial charge in [0.2, 0.25) is 0 Å². The smallest absolute Gasteiger partial charge is 0.319 e. The number of anilines is 1. The topological polar surface area (TPSA) is 71.0 Å². The van der Waals surface area contributed by atoms with Crippen LogP contribution in [0.5, 0.6) is 11.8 Å². The van der Waals surface area contributed by atoms with E-state index in [1.807, 2.05) is 6.92 Å². The van der Waals surface area contributed by atoms with Crippen molar-refractivity contribution in [1.82, 2.24) is 14.9 Å². The van der Waals surface area contributed by atoms with Gasteiger partial charge in [0, 0.05) is 30.5 Å². The van der Waals surface area contributed by atoms with E-state index in [9.17, 15) is 13.9 Å². The highest BCUT2D eigenvalue weighted by molar-refractivity contribution is 6.03. The van der Waals surface area contributed by atoms with E-state index in [0.29, 0.717) is 65.8 Å². The third-order valence-electron chi connectivity index (χ3n) is 9.22. The zero-order valence-electron chi connectivity index (χ0n) is 23.7. The number of halogens is 3. The second kappa shape index (κ2) is 10.3. The van der Waals surface area contributed by atoms with Gasteiger partial charge >= 0.3 is 6.01 Å². The maximum atomic E-state index is 16.7. The van der Waals surface area contributed by atoms with E-state index < -0.39 is 23.3 Å². The third-order valence-corrected chi connectivity index (χ3v) is 9.22. The van der Waals surface area contributed by atoms with Crippen molar-refractivity contribution >= 4 is 27.5 Å². The van der Waals surface area contributed by atoms with Gasteiger partial charge in [0.15, 0.2) is 5.82 Å². The number of morpholine rings is 1. The molecule has 1 N–H and O–H groups in total. The van der Waals surface area contributed by atoms with Crippen molar-refractivity contribution < 1.29 is 27.8 Å². The lowest BCUT2D eigenvalue weighted by molar-refractivity contribution is 0.0978. The van der Waals surface area contributed by atoms with Gasteiger partial charge in [0.05, 0.1) is 24.8 Å². The van der Waals surface area contributed by atoms with Gasteiger partial charge in [-0.1, -0.05) is 12.1 Å². The lowest BCUT2D eigenvalue weighted by Crippen LogP contribution is -2.44. The Labute approximate surface area is 241 Å². The first-order valence-electron chi connectivity index (χ1n) is 14.5. The fourth-order valence-corrected chi connectivity index (χ4v) is 7.13.